The number of fused-ring (bicyclic) bond motifs is 3. The van der Waals surface area contributed by atoms with Gasteiger partial charge in [-0.3, -0.25) is 9.78 Å². The van der Waals surface area contributed by atoms with E-state index in [4.69, 9.17) is 9.40 Å². The second kappa shape index (κ2) is 17.7. The molecular weight excluding hydrogens is 875 g/mol. The molecule has 0 amide bonds. The number of pyridine rings is 1. The van der Waals surface area contributed by atoms with Crippen LogP contribution in [0.25, 0.3) is 53.5 Å². The molecule has 0 bridgehead atoms. The molecule has 4 nitrogen and oxygen atoms in total. The molecule has 1 radical (unpaired) electrons. The number of hydrogen-bond acceptors (Lipinski definition) is 5. The number of carbonyl (C=O) groups is 1. The number of aromatic nitrogens is 1. The summed E-state index contributed by atoms with van der Waals surface area (Å²) in [6, 6.07) is 25.6. The van der Waals surface area contributed by atoms with Crippen LogP contribution in [0.2, 0.25) is 0 Å². The number of rotatable bonds is 11. The summed E-state index contributed by atoms with van der Waals surface area (Å²) in [7, 11) is 0. The number of hydrogen-bond donors (Lipinski definition) is 1. The Bertz CT molecular complexity index is 2290. The molecule has 0 atom stereocenters. The van der Waals surface area contributed by atoms with Crippen LogP contribution < -0.4 is 0 Å². The summed E-state index contributed by atoms with van der Waals surface area (Å²) in [5.41, 5.74) is 6.27. The van der Waals surface area contributed by atoms with E-state index in [0.29, 0.717) is 5.92 Å². The molecule has 6 heteroatoms. The molecule has 0 saturated carbocycles. The van der Waals surface area contributed by atoms with E-state index in [1.165, 1.54) is 48.5 Å². The quantitative estimate of drug-likeness (QED) is 0.0799. The molecule has 0 saturated heterocycles. The molecule has 3 aromatic heterocycles. The Labute approximate surface area is 347 Å². The maximum atomic E-state index is 12.2. The first-order valence-corrected chi connectivity index (χ1v) is 20.6. The Hall–Kier alpha value is -3.57. The van der Waals surface area contributed by atoms with Crippen LogP contribution in [-0.2, 0) is 36.7 Å². The second-order valence-electron chi connectivity index (χ2n) is 17.0. The molecular formula is C49H60IrNO3S-. The summed E-state index contributed by atoms with van der Waals surface area (Å²) in [4.78, 5) is 18.3. The Morgan fingerprint density at radius 2 is 1.55 bits per heavy atom. The van der Waals surface area contributed by atoms with E-state index in [9.17, 15) is 9.90 Å². The van der Waals surface area contributed by atoms with Gasteiger partial charge in [0, 0.05) is 69.4 Å². The van der Waals surface area contributed by atoms with E-state index in [-0.39, 0.29) is 47.9 Å². The van der Waals surface area contributed by atoms with Crippen LogP contribution in [0.3, 0.4) is 0 Å². The monoisotopic (exact) mass is 935 g/mol. The normalized spacial score (nSPS) is 12.6. The van der Waals surface area contributed by atoms with E-state index in [1.807, 2.05) is 47.7 Å². The van der Waals surface area contributed by atoms with Gasteiger partial charge in [-0.15, -0.1) is 40.5 Å². The van der Waals surface area contributed by atoms with Crippen molar-refractivity contribution in [1.29, 1.82) is 0 Å². The van der Waals surface area contributed by atoms with Crippen LogP contribution in [0.1, 0.15) is 119 Å². The first-order valence-electron chi connectivity index (χ1n) is 19.8. The summed E-state index contributed by atoms with van der Waals surface area (Å²) in [6.45, 7) is 25.5. The van der Waals surface area contributed by atoms with Crippen LogP contribution in [0.4, 0.5) is 0 Å². The molecule has 0 unspecified atom stereocenters. The average molecular weight is 935 g/mol. The zero-order valence-electron chi connectivity index (χ0n) is 35.0. The maximum Gasteiger partial charge on any atom is 0.164 e. The Balaban J connectivity index is 0.000000320. The Kier molecular flexibility index (Phi) is 14.2. The van der Waals surface area contributed by atoms with Crippen molar-refractivity contribution in [3.05, 3.63) is 102 Å². The third-order valence-corrected chi connectivity index (χ3v) is 12.9. The summed E-state index contributed by atoms with van der Waals surface area (Å²) >= 11 is 1.80. The predicted molar refractivity (Wildman–Crippen MR) is 232 cm³/mol. The molecule has 0 spiro atoms. The number of ketones is 1. The third kappa shape index (κ3) is 9.36. The van der Waals surface area contributed by atoms with Crippen molar-refractivity contribution < 1.29 is 34.4 Å². The van der Waals surface area contributed by atoms with Gasteiger partial charge in [-0.2, -0.15) is 0 Å². The van der Waals surface area contributed by atoms with Gasteiger partial charge in [0.1, 0.15) is 17.1 Å². The molecule has 0 aliphatic heterocycles. The molecule has 55 heavy (non-hydrogen) atoms. The van der Waals surface area contributed by atoms with Gasteiger partial charge in [-0.25, -0.2) is 0 Å². The van der Waals surface area contributed by atoms with Gasteiger partial charge in [0.25, 0.3) is 0 Å². The first kappa shape index (κ1) is 44.1. The van der Waals surface area contributed by atoms with E-state index >= 15 is 0 Å². The largest absolute Gasteiger partial charge is 0.512 e. The van der Waals surface area contributed by atoms with Gasteiger partial charge in [0.15, 0.2) is 5.78 Å². The molecule has 6 rings (SSSR count). The predicted octanol–water partition coefficient (Wildman–Crippen LogP) is 14.8. The second-order valence-corrected chi connectivity index (χ2v) is 18.0. The number of aryl methyl sites for hydroxylation is 1. The number of carbonyl (C=O) groups excluding carboxylic acids is 1. The summed E-state index contributed by atoms with van der Waals surface area (Å²) < 4.78 is 7.46. The molecule has 0 aliphatic carbocycles. The standard InChI is InChI=1S/C34H32NOS.C15H28O2.Ir/c1-20(2)15-22-11-12-27-29(16-22)36-21(3)31(27)30-19-24-13-14-35-32(33(24)37-30)25-17-23-9-7-8-10-26(23)28(18-25)34(4,5)6;1-7-14(5,8-2)12(16)11-13(17)15(6,9-3)10-4;/h7-14,16,18-20H,15H2,1-6H3;11,16H,7-10H2,1-6H3;/q-1;;/b;12-11-;. The van der Waals surface area contributed by atoms with Gasteiger partial charge in [-0.1, -0.05) is 117 Å². The van der Waals surface area contributed by atoms with Crippen LogP contribution in [0.15, 0.2) is 83.1 Å². The van der Waals surface area contributed by atoms with Crippen molar-refractivity contribution >= 4 is 48.9 Å². The topological polar surface area (TPSA) is 63.3 Å². The Morgan fingerprint density at radius 3 is 2.16 bits per heavy atom. The SMILES string of the molecule is CCC(C)(CC)C(=O)/C=C(\O)C(C)(CC)CC.Cc1oc2cc(CC(C)C)ccc2c1-c1cc2ccnc(-c3[c-]c4ccccc4c(C(C)(C)C)c3)c2s1.[Ir]. The van der Waals surface area contributed by atoms with Gasteiger partial charge in [0.05, 0.1) is 0 Å². The zero-order chi connectivity index (χ0) is 39.6. The van der Waals surface area contributed by atoms with Crippen LogP contribution in [0.5, 0.6) is 0 Å². The fourth-order valence-electron chi connectivity index (χ4n) is 7.11. The average Bonchev–Trinajstić information content (AvgIpc) is 3.72. The van der Waals surface area contributed by atoms with E-state index in [2.05, 4.69) is 108 Å². The van der Waals surface area contributed by atoms with Crippen LogP contribution in [-0.4, -0.2) is 15.9 Å². The molecule has 3 aromatic carbocycles. The number of thiophene rings is 1. The van der Waals surface area contributed by atoms with Crippen molar-refractivity contribution in [2.45, 2.75) is 121 Å². The fourth-order valence-corrected chi connectivity index (χ4v) is 8.38. The van der Waals surface area contributed by atoms with Gasteiger partial charge < -0.3 is 9.52 Å². The summed E-state index contributed by atoms with van der Waals surface area (Å²) in [5.74, 6) is 1.87. The van der Waals surface area contributed by atoms with Gasteiger partial charge in [-0.05, 0) is 79.5 Å². The van der Waals surface area contributed by atoms with Crippen molar-refractivity contribution in [3.63, 3.8) is 0 Å². The molecule has 3 heterocycles. The van der Waals surface area contributed by atoms with Gasteiger partial charge >= 0.3 is 0 Å². The molecule has 295 valence electrons. The number of aliphatic hydroxyl groups excluding tert-OH is 1. The number of benzene rings is 3. The molecule has 6 aromatic rings. The van der Waals surface area contributed by atoms with Gasteiger partial charge in [0.2, 0.25) is 0 Å². The molecule has 0 fully saturated rings. The minimum Gasteiger partial charge on any atom is -0.512 e. The van der Waals surface area contributed by atoms with Crippen molar-refractivity contribution in [3.8, 4) is 21.7 Å². The number of furan rings is 1. The van der Waals surface area contributed by atoms with Crippen molar-refractivity contribution in [2.75, 3.05) is 0 Å². The van der Waals surface area contributed by atoms with E-state index < -0.39 is 0 Å². The molecule has 1 N–H and O–H groups in total. The zero-order valence-corrected chi connectivity index (χ0v) is 38.2. The summed E-state index contributed by atoms with van der Waals surface area (Å²) in [5, 5.41) is 14.9. The smallest absolute Gasteiger partial charge is 0.164 e. The van der Waals surface area contributed by atoms with E-state index in [1.54, 1.807) is 11.3 Å². The Morgan fingerprint density at radius 1 is 0.891 bits per heavy atom. The number of nitrogens with zero attached hydrogens (tertiary/aromatic N) is 1. The summed E-state index contributed by atoms with van der Waals surface area (Å²) in [6.07, 6.45) is 7.73. The third-order valence-electron chi connectivity index (χ3n) is 11.7. The number of allylic oxidation sites excluding steroid dienone is 2. The minimum absolute atomic E-state index is 0. The van der Waals surface area contributed by atoms with Crippen LogP contribution >= 0.6 is 11.3 Å². The van der Waals surface area contributed by atoms with Crippen LogP contribution in [0, 0.1) is 29.7 Å². The maximum absolute atomic E-state index is 12.2. The fraction of sp³-hybridized carbons (Fsp3) is 0.429. The minimum atomic E-state index is -0.337. The molecule has 0 aliphatic rings. The van der Waals surface area contributed by atoms with Crippen molar-refractivity contribution in [2.24, 2.45) is 16.7 Å². The van der Waals surface area contributed by atoms with E-state index in [0.717, 1.165) is 60.1 Å². The first-order chi connectivity index (χ1) is 25.5. The van der Waals surface area contributed by atoms with Crippen molar-refractivity contribution in [1.82, 2.24) is 4.98 Å². The number of aliphatic hydroxyl groups is 1.